The lowest BCUT2D eigenvalue weighted by molar-refractivity contribution is -0.122. The first-order chi connectivity index (χ1) is 13.9. The molecule has 1 heterocycles. The Morgan fingerprint density at radius 2 is 1.86 bits per heavy atom. The van der Waals surface area contributed by atoms with Crippen molar-refractivity contribution in [3.8, 4) is 11.5 Å². The number of amides is 3. The van der Waals surface area contributed by atoms with Crippen LogP contribution in [0, 0.1) is 0 Å². The van der Waals surface area contributed by atoms with E-state index in [1.807, 2.05) is 24.3 Å². The predicted octanol–water partition coefficient (Wildman–Crippen LogP) is 3.13. The minimum Gasteiger partial charge on any atom is -0.504 e. The minimum absolute atomic E-state index is 0.00208. The Bertz CT molecular complexity index is 985. The van der Waals surface area contributed by atoms with Crippen LogP contribution in [0.15, 0.2) is 47.4 Å². The summed E-state index contributed by atoms with van der Waals surface area (Å²) in [5.41, 5.74) is 1.93. The van der Waals surface area contributed by atoms with E-state index in [4.69, 9.17) is 0 Å². The van der Waals surface area contributed by atoms with Crippen molar-refractivity contribution in [2.45, 2.75) is 13.3 Å². The number of hydrogen-bond donors (Lipinski definition) is 3. The molecule has 1 fully saturated rings. The summed E-state index contributed by atoms with van der Waals surface area (Å²) < 4.78 is 0. The van der Waals surface area contributed by atoms with E-state index in [-0.39, 0.29) is 18.7 Å². The number of aryl methyl sites for hydroxylation is 1. The monoisotopic (exact) mass is 412 g/mol. The number of phenols is 2. The maximum atomic E-state index is 12.5. The molecule has 0 radical (unpaired) electrons. The van der Waals surface area contributed by atoms with Gasteiger partial charge in [-0.1, -0.05) is 37.3 Å². The summed E-state index contributed by atoms with van der Waals surface area (Å²) in [5, 5.41) is 21.3. The Labute approximate surface area is 172 Å². The topological polar surface area (TPSA) is 107 Å². The Kier molecular flexibility index (Phi) is 6.23. The van der Waals surface area contributed by atoms with Crippen molar-refractivity contribution < 1.29 is 24.6 Å². The number of carbonyl (C=O) groups excluding carboxylic acids is 3. The molecule has 2 aromatic carbocycles. The summed E-state index contributed by atoms with van der Waals surface area (Å²) in [7, 11) is 0. The molecule has 1 aliphatic rings. The van der Waals surface area contributed by atoms with Gasteiger partial charge in [0, 0.05) is 13.1 Å². The van der Waals surface area contributed by atoms with Crippen molar-refractivity contribution in [2.75, 3.05) is 13.1 Å². The molecular weight excluding hydrogens is 392 g/mol. The van der Waals surface area contributed by atoms with Crippen LogP contribution in [0.3, 0.4) is 0 Å². The second-order valence-corrected chi connectivity index (χ2v) is 7.35. The number of benzene rings is 2. The molecule has 2 aromatic rings. The van der Waals surface area contributed by atoms with E-state index in [1.54, 1.807) is 6.08 Å². The van der Waals surface area contributed by atoms with Crippen LogP contribution in [-0.4, -0.2) is 45.3 Å². The molecule has 3 rings (SSSR count). The number of aromatic hydroxyl groups is 2. The molecule has 0 spiro atoms. The van der Waals surface area contributed by atoms with Gasteiger partial charge in [0.15, 0.2) is 11.5 Å². The van der Waals surface area contributed by atoms with E-state index in [2.05, 4.69) is 12.2 Å². The molecule has 0 atom stereocenters. The van der Waals surface area contributed by atoms with E-state index in [9.17, 15) is 24.6 Å². The first kappa shape index (κ1) is 20.5. The maximum absolute atomic E-state index is 12.5. The van der Waals surface area contributed by atoms with Crippen LogP contribution in [0.1, 0.15) is 28.4 Å². The highest BCUT2D eigenvalue weighted by molar-refractivity contribution is 8.18. The number of carbonyl (C=O) groups is 3. The van der Waals surface area contributed by atoms with Gasteiger partial charge in [-0.3, -0.25) is 19.3 Å². The first-order valence-corrected chi connectivity index (χ1v) is 9.85. The van der Waals surface area contributed by atoms with Crippen LogP contribution in [0.25, 0.3) is 6.08 Å². The summed E-state index contributed by atoms with van der Waals surface area (Å²) in [4.78, 5) is 38.2. The average molecular weight is 412 g/mol. The highest BCUT2D eigenvalue weighted by Gasteiger charge is 2.34. The zero-order valence-corrected chi connectivity index (χ0v) is 16.5. The third-order valence-electron chi connectivity index (χ3n) is 4.44. The molecule has 0 aromatic heterocycles. The fourth-order valence-electron chi connectivity index (χ4n) is 2.78. The Hall–Kier alpha value is -3.26. The number of nitrogens with one attached hydrogen (secondary N) is 1. The second kappa shape index (κ2) is 8.83. The van der Waals surface area contributed by atoms with Crippen LogP contribution in [0.4, 0.5) is 4.79 Å². The quantitative estimate of drug-likeness (QED) is 0.497. The molecular formula is C21H20N2O5S. The molecule has 0 bridgehead atoms. The highest BCUT2D eigenvalue weighted by atomic mass is 32.2. The van der Waals surface area contributed by atoms with Gasteiger partial charge in [0.25, 0.3) is 17.1 Å². The molecule has 8 heteroatoms. The van der Waals surface area contributed by atoms with E-state index >= 15 is 0 Å². The van der Waals surface area contributed by atoms with E-state index in [0.29, 0.717) is 4.91 Å². The van der Waals surface area contributed by atoms with Crippen molar-refractivity contribution in [3.05, 3.63) is 64.1 Å². The van der Waals surface area contributed by atoms with Gasteiger partial charge in [-0.05, 0) is 47.5 Å². The summed E-state index contributed by atoms with van der Waals surface area (Å²) >= 11 is 0.859. The molecule has 0 saturated carbocycles. The second-order valence-electron chi connectivity index (χ2n) is 6.36. The van der Waals surface area contributed by atoms with E-state index in [0.717, 1.165) is 28.6 Å². The molecule has 0 unspecified atom stereocenters. The number of thioether (sulfide) groups is 1. The SMILES string of the molecule is CCc1ccc(/C=C2\SC(=O)N(CCNC(=O)c3cccc(O)c3O)C2=O)cc1. The van der Waals surface area contributed by atoms with Gasteiger partial charge in [-0.15, -0.1) is 0 Å². The van der Waals surface area contributed by atoms with Crippen molar-refractivity contribution in [3.63, 3.8) is 0 Å². The summed E-state index contributed by atoms with van der Waals surface area (Å²) in [6, 6.07) is 11.8. The fourth-order valence-corrected chi connectivity index (χ4v) is 3.65. The van der Waals surface area contributed by atoms with Gasteiger partial charge < -0.3 is 15.5 Å². The van der Waals surface area contributed by atoms with Gasteiger partial charge in [0.05, 0.1) is 10.5 Å². The standard InChI is InChI=1S/C21H20N2O5S/c1-2-13-6-8-14(9-7-13)12-17-20(27)23(21(28)29-17)11-10-22-19(26)15-4-3-5-16(24)18(15)25/h3-9,12,24-25H,2,10-11H2,1H3,(H,22,26)/b17-12-. The Morgan fingerprint density at radius 3 is 2.55 bits per heavy atom. The molecule has 7 nitrogen and oxygen atoms in total. The number of rotatable bonds is 6. The van der Waals surface area contributed by atoms with Crippen molar-refractivity contribution in [2.24, 2.45) is 0 Å². The number of imide groups is 1. The number of phenolic OH excluding ortho intramolecular Hbond substituents is 2. The van der Waals surface area contributed by atoms with Crippen molar-refractivity contribution >= 4 is 34.9 Å². The molecule has 3 N–H and O–H groups in total. The molecule has 29 heavy (non-hydrogen) atoms. The van der Waals surface area contributed by atoms with E-state index < -0.39 is 28.6 Å². The normalized spacial score (nSPS) is 15.2. The summed E-state index contributed by atoms with van der Waals surface area (Å²) in [6.07, 6.45) is 2.59. The number of para-hydroxylation sites is 1. The lowest BCUT2D eigenvalue weighted by Crippen LogP contribution is -2.37. The smallest absolute Gasteiger partial charge is 0.293 e. The third-order valence-corrected chi connectivity index (χ3v) is 5.35. The summed E-state index contributed by atoms with van der Waals surface area (Å²) in [5.74, 6) is -1.94. The predicted molar refractivity (Wildman–Crippen MR) is 111 cm³/mol. The van der Waals surface area contributed by atoms with E-state index in [1.165, 1.54) is 23.8 Å². The van der Waals surface area contributed by atoms with Gasteiger partial charge in [0.2, 0.25) is 0 Å². The van der Waals surface area contributed by atoms with Crippen LogP contribution >= 0.6 is 11.8 Å². The zero-order valence-electron chi connectivity index (χ0n) is 15.7. The van der Waals surface area contributed by atoms with Gasteiger partial charge in [-0.2, -0.15) is 0 Å². The lowest BCUT2D eigenvalue weighted by Gasteiger charge is -2.13. The molecule has 3 amide bonds. The number of hydrogen-bond acceptors (Lipinski definition) is 6. The van der Waals surface area contributed by atoms with Gasteiger partial charge in [0.1, 0.15) is 0 Å². The zero-order chi connectivity index (χ0) is 21.0. The largest absolute Gasteiger partial charge is 0.504 e. The molecule has 1 aliphatic heterocycles. The van der Waals surface area contributed by atoms with Crippen LogP contribution < -0.4 is 5.32 Å². The minimum atomic E-state index is -0.614. The average Bonchev–Trinajstić information content (AvgIpc) is 2.97. The van der Waals surface area contributed by atoms with Crippen LogP contribution in [-0.2, 0) is 11.2 Å². The number of nitrogens with zero attached hydrogens (tertiary/aromatic N) is 1. The lowest BCUT2D eigenvalue weighted by atomic mass is 10.1. The highest BCUT2D eigenvalue weighted by Crippen LogP contribution is 2.32. The maximum Gasteiger partial charge on any atom is 0.293 e. The van der Waals surface area contributed by atoms with Gasteiger partial charge >= 0.3 is 0 Å². The van der Waals surface area contributed by atoms with Gasteiger partial charge in [-0.25, -0.2) is 0 Å². The molecule has 1 saturated heterocycles. The fraction of sp³-hybridized carbons (Fsp3) is 0.190. The first-order valence-electron chi connectivity index (χ1n) is 9.04. The van der Waals surface area contributed by atoms with Crippen molar-refractivity contribution in [1.82, 2.24) is 10.2 Å². The van der Waals surface area contributed by atoms with Crippen molar-refractivity contribution in [1.29, 1.82) is 0 Å². The molecule has 150 valence electrons. The Morgan fingerprint density at radius 1 is 1.14 bits per heavy atom. The summed E-state index contributed by atoms with van der Waals surface area (Å²) in [6.45, 7) is 2.08. The third kappa shape index (κ3) is 4.60. The van der Waals surface area contributed by atoms with Crippen LogP contribution in [0.2, 0.25) is 0 Å². The van der Waals surface area contributed by atoms with Crippen LogP contribution in [0.5, 0.6) is 11.5 Å². The molecule has 0 aliphatic carbocycles. The Balaban J connectivity index is 1.60.